The number of nitrogens with one attached hydrogen (secondary N) is 1. The topological polar surface area (TPSA) is 93.0 Å². The first-order chi connectivity index (χ1) is 10.2. The predicted octanol–water partition coefficient (Wildman–Crippen LogP) is 1.27. The van der Waals surface area contributed by atoms with Crippen LogP contribution in [0, 0.1) is 0 Å². The van der Waals surface area contributed by atoms with Crippen LogP contribution in [-0.2, 0) is 4.74 Å². The molecule has 7 heteroatoms. The molecule has 0 fully saturated rings. The van der Waals surface area contributed by atoms with Crippen molar-refractivity contribution in [1.29, 1.82) is 0 Å². The maximum absolute atomic E-state index is 12.4. The van der Waals surface area contributed by atoms with E-state index in [9.17, 15) is 15.0 Å². The van der Waals surface area contributed by atoms with Crippen LogP contribution in [-0.4, -0.2) is 34.1 Å². The van der Waals surface area contributed by atoms with E-state index < -0.39 is 17.6 Å². The van der Waals surface area contributed by atoms with Gasteiger partial charge in [0.25, 0.3) is 0 Å². The number of anilines is 1. The van der Waals surface area contributed by atoms with Crippen LogP contribution in [0.4, 0.5) is 5.69 Å². The molecular formula is C15H20N2O5. The zero-order valence-electron chi connectivity index (χ0n) is 13.0. The summed E-state index contributed by atoms with van der Waals surface area (Å²) in [6.45, 7) is 5.36. The summed E-state index contributed by atoms with van der Waals surface area (Å²) >= 11 is 0. The van der Waals surface area contributed by atoms with Gasteiger partial charge in [0.2, 0.25) is 6.41 Å². The molecule has 0 aliphatic carbocycles. The summed E-state index contributed by atoms with van der Waals surface area (Å²) in [7, 11) is 1.34. The maximum Gasteiger partial charge on any atom is 0.307 e. The van der Waals surface area contributed by atoms with Gasteiger partial charge in [-0.1, -0.05) is 0 Å². The molecule has 0 spiro atoms. The van der Waals surface area contributed by atoms with Crippen LogP contribution in [0.1, 0.15) is 20.8 Å². The summed E-state index contributed by atoms with van der Waals surface area (Å²) in [4.78, 5) is 17.4. The van der Waals surface area contributed by atoms with Crippen molar-refractivity contribution < 1.29 is 19.8 Å². The molecule has 22 heavy (non-hydrogen) atoms. The van der Waals surface area contributed by atoms with E-state index >= 15 is 0 Å². The molecule has 0 aliphatic heterocycles. The Balaban J connectivity index is 2.45. The van der Waals surface area contributed by atoms with E-state index in [1.165, 1.54) is 19.2 Å². The van der Waals surface area contributed by atoms with Crippen LogP contribution >= 0.6 is 0 Å². The van der Waals surface area contributed by atoms with Crippen LogP contribution < -0.4 is 15.7 Å². The Labute approximate surface area is 127 Å². The summed E-state index contributed by atoms with van der Waals surface area (Å²) in [6.07, 6.45) is -1.34. The fraction of sp³-hybridized carbons (Fsp3) is 0.400. The number of hydrogen-bond acceptors (Lipinski definition) is 6. The highest BCUT2D eigenvalue weighted by Crippen LogP contribution is 2.21. The number of phenols is 1. The number of benzene rings is 1. The molecule has 0 aliphatic rings. The monoisotopic (exact) mass is 308 g/mol. The zero-order chi connectivity index (χ0) is 16.5. The number of ether oxygens (including phenoxy) is 1. The second-order valence-corrected chi connectivity index (χ2v) is 5.81. The highest BCUT2D eigenvalue weighted by molar-refractivity contribution is 5.83. The van der Waals surface area contributed by atoms with Crippen molar-refractivity contribution in [2.24, 2.45) is 0 Å². The molecule has 0 radical (unpaired) electrons. The Kier molecular flexibility index (Phi) is 4.30. The third-order valence-electron chi connectivity index (χ3n) is 2.87. The van der Waals surface area contributed by atoms with E-state index in [-0.39, 0.29) is 11.4 Å². The molecule has 0 saturated heterocycles. The van der Waals surface area contributed by atoms with Crippen molar-refractivity contribution in [2.45, 2.75) is 32.8 Å². The van der Waals surface area contributed by atoms with Gasteiger partial charge < -0.3 is 25.1 Å². The minimum atomic E-state index is -1.34. The Morgan fingerprint density at radius 2 is 1.95 bits per heavy atom. The lowest BCUT2D eigenvalue weighted by atomic mass is 10.2. The van der Waals surface area contributed by atoms with Crippen LogP contribution in [0.3, 0.4) is 0 Å². The van der Waals surface area contributed by atoms with E-state index in [1.807, 2.05) is 0 Å². The van der Waals surface area contributed by atoms with Gasteiger partial charge >= 0.3 is 5.56 Å². The van der Waals surface area contributed by atoms with Crippen molar-refractivity contribution >= 4 is 16.6 Å². The SMILES string of the molecule is COn1c(=O)c(NC(O)OC(C)(C)C)cc2ccc(O)cc21. The van der Waals surface area contributed by atoms with Gasteiger partial charge in [-0.15, -0.1) is 4.73 Å². The lowest BCUT2D eigenvalue weighted by Crippen LogP contribution is -2.36. The molecule has 2 rings (SSSR count). The summed E-state index contributed by atoms with van der Waals surface area (Å²) < 4.78 is 6.35. The normalized spacial score (nSPS) is 13.1. The standard InChI is InChI=1S/C15H20N2O5/c1-15(2,3)22-14(20)16-11-7-9-5-6-10(18)8-12(9)17(21-4)13(11)19/h5-8,14,16,18,20H,1-4H3. The van der Waals surface area contributed by atoms with Crippen molar-refractivity contribution in [1.82, 2.24) is 4.73 Å². The molecule has 1 unspecified atom stereocenters. The number of fused-ring (bicyclic) bond motifs is 1. The van der Waals surface area contributed by atoms with Gasteiger partial charge in [-0.25, -0.2) is 0 Å². The minimum absolute atomic E-state index is 0.0227. The van der Waals surface area contributed by atoms with E-state index in [4.69, 9.17) is 9.57 Å². The molecule has 3 N–H and O–H groups in total. The third kappa shape index (κ3) is 3.49. The Hall–Kier alpha value is -2.25. The van der Waals surface area contributed by atoms with E-state index in [0.717, 1.165) is 4.73 Å². The Bertz CT molecular complexity index is 733. The average Bonchev–Trinajstić information content (AvgIpc) is 2.38. The number of phenolic OH excluding ortho intramolecular Hbond substituents is 1. The van der Waals surface area contributed by atoms with Crippen LogP contribution in [0.15, 0.2) is 29.1 Å². The first-order valence-electron chi connectivity index (χ1n) is 6.77. The van der Waals surface area contributed by atoms with Gasteiger partial charge in [0.05, 0.1) is 11.1 Å². The number of hydrogen-bond donors (Lipinski definition) is 3. The first-order valence-corrected chi connectivity index (χ1v) is 6.77. The summed E-state index contributed by atoms with van der Waals surface area (Å²) in [5.74, 6) is 0.0227. The van der Waals surface area contributed by atoms with E-state index in [0.29, 0.717) is 10.9 Å². The molecule has 120 valence electrons. The fourth-order valence-corrected chi connectivity index (χ4v) is 2.05. The number of pyridine rings is 1. The maximum atomic E-state index is 12.4. The smallest absolute Gasteiger partial charge is 0.307 e. The molecule has 2 aromatic rings. The predicted molar refractivity (Wildman–Crippen MR) is 82.8 cm³/mol. The fourth-order valence-electron chi connectivity index (χ4n) is 2.05. The molecule has 7 nitrogen and oxygen atoms in total. The molecule has 1 aromatic carbocycles. The average molecular weight is 308 g/mol. The van der Waals surface area contributed by atoms with Gasteiger partial charge in [0, 0.05) is 11.5 Å². The van der Waals surface area contributed by atoms with Gasteiger partial charge in [-0.05, 0) is 39.0 Å². The number of aromatic nitrogens is 1. The second kappa shape index (κ2) is 5.86. The summed E-state index contributed by atoms with van der Waals surface area (Å²) in [6, 6.07) is 6.12. The molecule has 0 saturated carbocycles. The van der Waals surface area contributed by atoms with Crippen molar-refractivity contribution in [3.63, 3.8) is 0 Å². The van der Waals surface area contributed by atoms with Crippen molar-refractivity contribution in [3.05, 3.63) is 34.6 Å². The highest BCUT2D eigenvalue weighted by Gasteiger charge is 2.18. The van der Waals surface area contributed by atoms with Gasteiger partial charge in [-0.3, -0.25) is 4.79 Å². The largest absolute Gasteiger partial charge is 0.508 e. The zero-order valence-corrected chi connectivity index (χ0v) is 13.0. The highest BCUT2D eigenvalue weighted by atomic mass is 16.7. The van der Waals surface area contributed by atoms with E-state index in [2.05, 4.69) is 5.32 Å². The van der Waals surface area contributed by atoms with Crippen LogP contribution in [0.2, 0.25) is 0 Å². The molecule has 0 bridgehead atoms. The number of rotatable bonds is 4. The summed E-state index contributed by atoms with van der Waals surface area (Å²) in [5.41, 5.74) is -0.534. The van der Waals surface area contributed by atoms with Crippen molar-refractivity contribution in [2.75, 3.05) is 12.4 Å². The quantitative estimate of drug-likeness (QED) is 0.737. The molecule has 1 atom stereocenters. The van der Waals surface area contributed by atoms with Gasteiger partial charge in [-0.2, -0.15) is 0 Å². The van der Waals surface area contributed by atoms with Gasteiger partial charge in [0.15, 0.2) is 0 Å². The lowest BCUT2D eigenvalue weighted by molar-refractivity contribution is -0.148. The van der Waals surface area contributed by atoms with E-state index in [1.54, 1.807) is 32.9 Å². The molecule has 1 aromatic heterocycles. The lowest BCUT2D eigenvalue weighted by Gasteiger charge is -2.25. The van der Waals surface area contributed by atoms with Gasteiger partial charge in [0.1, 0.15) is 18.5 Å². The van der Waals surface area contributed by atoms with Crippen LogP contribution in [0.5, 0.6) is 5.75 Å². The number of aliphatic hydroxyl groups is 1. The Morgan fingerprint density at radius 3 is 2.55 bits per heavy atom. The Morgan fingerprint density at radius 1 is 1.27 bits per heavy atom. The molecular weight excluding hydrogens is 288 g/mol. The number of nitrogens with zero attached hydrogens (tertiary/aromatic N) is 1. The first kappa shape index (κ1) is 16.1. The number of aromatic hydroxyl groups is 1. The third-order valence-corrected chi connectivity index (χ3v) is 2.87. The number of aliphatic hydroxyl groups excluding tert-OH is 1. The second-order valence-electron chi connectivity index (χ2n) is 5.81. The molecule has 0 amide bonds. The summed E-state index contributed by atoms with van der Waals surface area (Å²) in [5, 5.41) is 22.7. The minimum Gasteiger partial charge on any atom is -0.508 e. The molecule has 1 heterocycles. The van der Waals surface area contributed by atoms with Crippen LogP contribution in [0.25, 0.3) is 10.9 Å². The van der Waals surface area contributed by atoms with Crippen molar-refractivity contribution in [3.8, 4) is 5.75 Å².